The zero-order valence-electron chi connectivity index (χ0n) is 7.35. The Morgan fingerprint density at radius 3 is 2.85 bits per heavy atom. The molecule has 0 radical (unpaired) electrons. The predicted octanol–water partition coefficient (Wildman–Crippen LogP) is 2.91. The second kappa shape index (κ2) is 3.43. The number of hydrogen-bond donors (Lipinski definition) is 0. The van der Waals surface area contributed by atoms with Gasteiger partial charge in [-0.3, -0.25) is 0 Å². The maximum absolute atomic E-state index is 5.96. The molecule has 13 heavy (non-hydrogen) atoms. The van der Waals surface area contributed by atoms with Crippen molar-refractivity contribution >= 4 is 23.2 Å². The molecule has 1 heterocycles. The fourth-order valence-electron chi connectivity index (χ4n) is 1.71. The molecule has 0 aliphatic heterocycles. The van der Waals surface area contributed by atoms with Crippen LogP contribution in [0.1, 0.15) is 24.6 Å². The molecule has 1 unspecified atom stereocenters. The summed E-state index contributed by atoms with van der Waals surface area (Å²) in [5.74, 6) is 0.675. The summed E-state index contributed by atoms with van der Waals surface area (Å²) in [5, 5.41) is 0.791. The Morgan fingerprint density at radius 2 is 2.08 bits per heavy atom. The van der Waals surface area contributed by atoms with Crippen LogP contribution in [0.5, 0.6) is 0 Å². The number of nitrogens with zero attached hydrogens (tertiary/aromatic N) is 2. The van der Waals surface area contributed by atoms with E-state index < -0.39 is 0 Å². The average Bonchev–Trinajstić information content (AvgIpc) is 2.02. The zero-order chi connectivity index (χ0) is 9.42. The molecular weight excluding hydrogens is 207 g/mol. The van der Waals surface area contributed by atoms with E-state index in [2.05, 4.69) is 16.9 Å². The average molecular weight is 217 g/mol. The van der Waals surface area contributed by atoms with Crippen LogP contribution in [0, 0.1) is 5.92 Å². The van der Waals surface area contributed by atoms with E-state index in [-0.39, 0.29) is 5.28 Å². The van der Waals surface area contributed by atoms with Crippen molar-refractivity contribution in [2.24, 2.45) is 5.92 Å². The molecule has 0 N–H and O–H groups in total. The van der Waals surface area contributed by atoms with Gasteiger partial charge in [0.2, 0.25) is 5.28 Å². The fraction of sp³-hybridized carbons (Fsp3) is 0.556. The lowest BCUT2D eigenvalue weighted by Gasteiger charge is -2.20. The largest absolute Gasteiger partial charge is 0.224 e. The number of aromatic nitrogens is 2. The molecular formula is C9H10Cl2N2. The first kappa shape index (κ1) is 9.22. The zero-order valence-corrected chi connectivity index (χ0v) is 8.86. The van der Waals surface area contributed by atoms with Crippen molar-refractivity contribution in [3.63, 3.8) is 0 Å². The van der Waals surface area contributed by atoms with Crippen molar-refractivity contribution in [2.75, 3.05) is 0 Å². The highest BCUT2D eigenvalue weighted by Gasteiger charge is 2.20. The van der Waals surface area contributed by atoms with E-state index in [0.29, 0.717) is 11.1 Å². The van der Waals surface area contributed by atoms with Crippen LogP contribution in [0.4, 0.5) is 0 Å². The van der Waals surface area contributed by atoms with E-state index in [9.17, 15) is 0 Å². The van der Waals surface area contributed by atoms with Gasteiger partial charge in [-0.1, -0.05) is 18.5 Å². The van der Waals surface area contributed by atoms with Crippen molar-refractivity contribution in [2.45, 2.75) is 26.2 Å². The summed E-state index contributed by atoms with van der Waals surface area (Å²) in [6.07, 6.45) is 3.11. The summed E-state index contributed by atoms with van der Waals surface area (Å²) in [5.41, 5.74) is 2.12. The third kappa shape index (κ3) is 1.79. The molecule has 0 saturated heterocycles. The molecule has 1 atom stereocenters. The second-order valence-corrected chi connectivity index (χ2v) is 4.25. The van der Waals surface area contributed by atoms with Crippen LogP contribution in [0.3, 0.4) is 0 Å². The molecule has 1 aliphatic rings. The van der Waals surface area contributed by atoms with Gasteiger partial charge in [0, 0.05) is 5.56 Å². The smallest absolute Gasteiger partial charge is 0.223 e. The monoisotopic (exact) mass is 216 g/mol. The number of halogens is 2. The number of hydrogen-bond acceptors (Lipinski definition) is 2. The molecule has 1 aromatic rings. The third-order valence-electron chi connectivity index (χ3n) is 2.44. The van der Waals surface area contributed by atoms with Crippen molar-refractivity contribution < 1.29 is 0 Å². The summed E-state index contributed by atoms with van der Waals surface area (Å²) in [7, 11) is 0. The SMILES string of the molecule is CC1CCc2c(Cl)nc(Cl)nc2C1. The summed E-state index contributed by atoms with van der Waals surface area (Å²) in [4.78, 5) is 8.13. The van der Waals surface area contributed by atoms with Gasteiger partial charge in [0.15, 0.2) is 0 Å². The minimum Gasteiger partial charge on any atom is -0.223 e. The van der Waals surface area contributed by atoms with Gasteiger partial charge in [0.05, 0.1) is 5.69 Å². The van der Waals surface area contributed by atoms with E-state index in [1.165, 1.54) is 0 Å². The van der Waals surface area contributed by atoms with Gasteiger partial charge in [0.25, 0.3) is 0 Å². The molecule has 4 heteroatoms. The highest BCUT2D eigenvalue weighted by Crippen LogP contribution is 2.28. The standard InChI is InChI=1S/C9H10Cl2N2/c1-5-2-3-6-7(4-5)12-9(11)13-8(6)10/h5H,2-4H2,1H3. The summed E-state index contributed by atoms with van der Waals surface area (Å²) >= 11 is 11.7. The summed E-state index contributed by atoms with van der Waals surface area (Å²) in [6, 6.07) is 0. The van der Waals surface area contributed by atoms with Crippen LogP contribution in [0.2, 0.25) is 10.4 Å². The normalized spacial score (nSPS) is 21.3. The lowest BCUT2D eigenvalue weighted by atomic mass is 9.89. The minimum atomic E-state index is 0.262. The van der Waals surface area contributed by atoms with Gasteiger partial charge in [-0.05, 0) is 36.8 Å². The first-order chi connectivity index (χ1) is 6.16. The summed E-state index contributed by atoms with van der Waals surface area (Å²) < 4.78 is 0. The number of rotatable bonds is 0. The molecule has 1 aliphatic carbocycles. The molecule has 0 saturated carbocycles. The molecule has 0 fully saturated rings. The van der Waals surface area contributed by atoms with E-state index in [1.807, 2.05) is 0 Å². The Labute approximate surface area is 87.3 Å². The van der Waals surface area contributed by atoms with Crippen molar-refractivity contribution in [3.05, 3.63) is 21.7 Å². The van der Waals surface area contributed by atoms with Crippen molar-refractivity contribution in [1.29, 1.82) is 0 Å². The molecule has 0 bridgehead atoms. The van der Waals surface area contributed by atoms with Gasteiger partial charge in [-0.25, -0.2) is 9.97 Å². The van der Waals surface area contributed by atoms with E-state index in [1.54, 1.807) is 0 Å². The predicted molar refractivity (Wildman–Crippen MR) is 53.2 cm³/mol. The Kier molecular flexibility index (Phi) is 2.43. The van der Waals surface area contributed by atoms with Crippen LogP contribution in [0.25, 0.3) is 0 Å². The topological polar surface area (TPSA) is 25.8 Å². The molecule has 0 aromatic carbocycles. The quantitative estimate of drug-likeness (QED) is 0.493. The van der Waals surface area contributed by atoms with Gasteiger partial charge in [-0.15, -0.1) is 0 Å². The van der Waals surface area contributed by atoms with Gasteiger partial charge in [-0.2, -0.15) is 0 Å². The summed E-state index contributed by atoms with van der Waals surface area (Å²) in [6.45, 7) is 2.22. The molecule has 2 rings (SSSR count). The number of fused-ring (bicyclic) bond motifs is 1. The first-order valence-electron chi connectivity index (χ1n) is 4.37. The highest BCUT2D eigenvalue weighted by molar-refractivity contribution is 6.32. The maximum Gasteiger partial charge on any atom is 0.224 e. The van der Waals surface area contributed by atoms with Crippen LogP contribution in [0.15, 0.2) is 0 Å². The van der Waals surface area contributed by atoms with Crippen molar-refractivity contribution in [1.82, 2.24) is 9.97 Å². The Hall–Kier alpha value is -0.340. The fourth-order valence-corrected chi connectivity index (χ4v) is 2.22. The van der Waals surface area contributed by atoms with Crippen LogP contribution >= 0.6 is 23.2 Å². The highest BCUT2D eigenvalue weighted by atomic mass is 35.5. The van der Waals surface area contributed by atoms with Crippen LogP contribution < -0.4 is 0 Å². The van der Waals surface area contributed by atoms with Gasteiger partial charge < -0.3 is 0 Å². The lowest BCUT2D eigenvalue weighted by molar-refractivity contribution is 0.490. The Bertz CT molecular complexity index is 339. The molecule has 0 spiro atoms. The van der Waals surface area contributed by atoms with E-state index in [0.717, 1.165) is 30.5 Å². The Balaban J connectivity index is 2.47. The molecule has 0 amide bonds. The maximum atomic E-state index is 5.96. The van der Waals surface area contributed by atoms with E-state index in [4.69, 9.17) is 23.2 Å². The van der Waals surface area contributed by atoms with Gasteiger partial charge >= 0.3 is 0 Å². The minimum absolute atomic E-state index is 0.262. The van der Waals surface area contributed by atoms with Crippen LogP contribution in [-0.4, -0.2) is 9.97 Å². The molecule has 2 nitrogen and oxygen atoms in total. The molecule has 70 valence electrons. The van der Waals surface area contributed by atoms with Crippen LogP contribution in [-0.2, 0) is 12.8 Å². The van der Waals surface area contributed by atoms with E-state index >= 15 is 0 Å². The Morgan fingerprint density at radius 1 is 1.31 bits per heavy atom. The van der Waals surface area contributed by atoms with Crippen molar-refractivity contribution in [3.8, 4) is 0 Å². The third-order valence-corrected chi connectivity index (χ3v) is 2.93. The molecule has 1 aromatic heterocycles. The lowest BCUT2D eigenvalue weighted by Crippen LogP contribution is -2.14. The second-order valence-electron chi connectivity index (χ2n) is 3.56. The van der Waals surface area contributed by atoms with Gasteiger partial charge in [0.1, 0.15) is 5.15 Å². The first-order valence-corrected chi connectivity index (χ1v) is 5.13.